The predicted octanol–water partition coefficient (Wildman–Crippen LogP) is 3.79. The number of aromatic nitrogens is 1. The first-order valence-electron chi connectivity index (χ1n) is 8.78. The second kappa shape index (κ2) is 6.63. The zero-order valence-corrected chi connectivity index (χ0v) is 15.2. The molecule has 0 saturated carbocycles. The van der Waals surface area contributed by atoms with Crippen molar-refractivity contribution in [2.75, 3.05) is 31.1 Å². The van der Waals surface area contributed by atoms with Gasteiger partial charge in [-0.05, 0) is 45.1 Å². The van der Waals surface area contributed by atoms with Crippen LogP contribution in [0.1, 0.15) is 32.8 Å². The quantitative estimate of drug-likeness (QED) is 0.753. The van der Waals surface area contributed by atoms with Crippen LogP contribution in [-0.2, 0) is 10.9 Å². The van der Waals surface area contributed by atoms with E-state index in [2.05, 4.69) is 4.98 Å². The number of rotatable bonds is 1. The molecule has 0 unspecified atom stereocenters. The lowest BCUT2D eigenvalue weighted by Crippen LogP contribution is -2.40. The highest BCUT2D eigenvalue weighted by atomic mass is 19.4. The number of carbonyl (C=O) groups is 1. The van der Waals surface area contributed by atoms with Gasteiger partial charge in [-0.1, -0.05) is 0 Å². The average molecular weight is 371 g/mol. The third-order valence-corrected chi connectivity index (χ3v) is 4.87. The van der Waals surface area contributed by atoms with Crippen molar-refractivity contribution in [3.8, 4) is 0 Å². The molecule has 0 aromatic carbocycles. The number of halogens is 3. The van der Waals surface area contributed by atoms with Gasteiger partial charge in [0.05, 0.1) is 17.4 Å². The molecule has 3 rings (SSSR count). The van der Waals surface area contributed by atoms with Gasteiger partial charge in [0, 0.05) is 32.4 Å². The lowest BCUT2D eigenvalue weighted by molar-refractivity contribution is -0.137. The minimum atomic E-state index is -4.40. The average Bonchev–Trinajstić information content (AvgIpc) is 2.96. The van der Waals surface area contributed by atoms with E-state index in [1.165, 1.54) is 6.20 Å². The molecule has 8 heteroatoms. The Morgan fingerprint density at radius 3 is 2.50 bits per heavy atom. The Morgan fingerprint density at radius 2 is 1.85 bits per heavy atom. The number of pyridine rings is 1. The molecule has 3 heterocycles. The molecule has 2 atom stereocenters. The smallest absolute Gasteiger partial charge is 0.417 e. The third-order valence-electron chi connectivity index (χ3n) is 4.87. The summed E-state index contributed by atoms with van der Waals surface area (Å²) >= 11 is 0. The van der Waals surface area contributed by atoms with Crippen LogP contribution in [0.15, 0.2) is 18.5 Å². The molecule has 0 aliphatic carbocycles. The number of piperidine rings is 1. The standard InChI is InChI=1S/C18H24F3N3O2/c1-17(2,3)26-16(25)24-9-12-4-5-23(10-13(12)11-24)15-6-14(7-22-8-15)18(19,20)21/h6-8,12-13H,4-5,9-11H2,1-3H3/t12-,13+/m0/s1. The third kappa shape index (κ3) is 4.22. The minimum Gasteiger partial charge on any atom is -0.444 e. The highest BCUT2D eigenvalue weighted by Gasteiger charge is 2.40. The monoisotopic (exact) mass is 371 g/mol. The minimum absolute atomic E-state index is 0.228. The summed E-state index contributed by atoms with van der Waals surface area (Å²) in [7, 11) is 0. The fourth-order valence-electron chi connectivity index (χ4n) is 3.63. The number of nitrogens with zero attached hydrogens (tertiary/aromatic N) is 3. The van der Waals surface area contributed by atoms with Crippen molar-refractivity contribution in [2.24, 2.45) is 11.8 Å². The van der Waals surface area contributed by atoms with E-state index in [0.29, 0.717) is 37.8 Å². The van der Waals surface area contributed by atoms with E-state index in [4.69, 9.17) is 4.74 Å². The van der Waals surface area contributed by atoms with E-state index in [9.17, 15) is 18.0 Å². The molecule has 144 valence electrons. The Morgan fingerprint density at radius 1 is 1.15 bits per heavy atom. The molecule has 2 aliphatic rings. The normalized spacial score (nSPS) is 23.8. The molecule has 26 heavy (non-hydrogen) atoms. The van der Waals surface area contributed by atoms with Crippen LogP contribution in [0.2, 0.25) is 0 Å². The van der Waals surface area contributed by atoms with Gasteiger partial charge in [0.15, 0.2) is 0 Å². The number of hydrogen-bond donors (Lipinski definition) is 0. The molecule has 2 saturated heterocycles. The predicted molar refractivity (Wildman–Crippen MR) is 90.9 cm³/mol. The van der Waals surface area contributed by atoms with E-state index in [-0.39, 0.29) is 12.0 Å². The van der Waals surface area contributed by atoms with Gasteiger partial charge in [0.1, 0.15) is 5.60 Å². The van der Waals surface area contributed by atoms with Crippen LogP contribution in [0.25, 0.3) is 0 Å². The van der Waals surface area contributed by atoms with E-state index >= 15 is 0 Å². The first-order valence-corrected chi connectivity index (χ1v) is 8.78. The second-order valence-electron chi connectivity index (χ2n) is 8.07. The van der Waals surface area contributed by atoms with Crippen molar-refractivity contribution in [1.82, 2.24) is 9.88 Å². The molecule has 1 amide bonds. The topological polar surface area (TPSA) is 45.7 Å². The van der Waals surface area contributed by atoms with Gasteiger partial charge in [0.25, 0.3) is 0 Å². The van der Waals surface area contributed by atoms with Gasteiger partial charge in [-0.3, -0.25) is 4.98 Å². The molecular weight excluding hydrogens is 347 g/mol. The van der Waals surface area contributed by atoms with Crippen molar-refractivity contribution in [3.05, 3.63) is 24.0 Å². The van der Waals surface area contributed by atoms with Gasteiger partial charge in [-0.15, -0.1) is 0 Å². The van der Waals surface area contributed by atoms with Gasteiger partial charge in [-0.2, -0.15) is 13.2 Å². The van der Waals surface area contributed by atoms with Gasteiger partial charge >= 0.3 is 12.3 Å². The Labute approximate surface area is 151 Å². The fraction of sp³-hybridized carbons (Fsp3) is 0.667. The summed E-state index contributed by atoms with van der Waals surface area (Å²) in [5.74, 6) is 0.586. The largest absolute Gasteiger partial charge is 0.444 e. The summed E-state index contributed by atoms with van der Waals surface area (Å²) in [5.41, 5.74) is -0.798. The molecule has 2 aliphatic heterocycles. The van der Waals surface area contributed by atoms with Crippen molar-refractivity contribution >= 4 is 11.8 Å². The van der Waals surface area contributed by atoms with Crippen molar-refractivity contribution in [2.45, 2.75) is 39.0 Å². The van der Waals surface area contributed by atoms with Crippen molar-refractivity contribution in [1.29, 1.82) is 0 Å². The Hall–Kier alpha value is -1.99. The zero-order valence-electron chi connectivity index (χ0n) is 15.2. The zero-order chi connectivity index (χ0) is 19.1. The number of fused-ring (bicyclic) bond motifs is 1. The summed E-state index contributed by atoms with van der Waals surface area (Å²) in [6.45, 7) is 7.99. The summed E-state index contributed by atoms with van der Waals surface area (Å²) < 4.78 is 44.2. The van der Waals surface area contributed by atoms with Crippen molar-refractivity contribution in [3.63, 3.8) is 0 Å². The number of amides is 1. The molecule has 2 fully saturated rings. The molecule has 1 aromatic rings. The maximum atomic E-state index is 12.9. The van der Waals surface area contributed by atoms with Gasteiger partial charge in [0.2, 0.25) is 0 Å². The van der Waals surface area contributed by atoms with E-state index in [0.717, 1.165) is 18.7 Å². The van der Waals surface area contributed by atoms with Crippen molar-refractivity contribution < 1.29 is 22.7 Å². The first-order chi connectivity index (χ1) is 12.0. The number of alkyl halides is 3. The van der Waals surface area contributed by atoms with Crippen LogP contribution in [0.4, 0.5) is 23.7 Å². The number of hydrogen-bond acceptors (Lipinski definition) is 4. The highest BCUT2D eigenvalue weighted by molar-refractivity contribution is 5.68. The SMILES string of the molecule is CC(C)(C)OC(=O)N1C[C@@H]2CCN(c3cncc(C(F)(F)F)c3)C[C@@H]2C1. The van der Waals surface area contributed by atoms with Gasteiger partial charge < -0.3 is 14.5 Å². The van der Waals surface area contributed by atoms with Gasteiger partial charge in [-0.25, -0.2) is 4.79 Å². The van der Waals surface area contributed by atoms with E-state index in [1.54, 1.807) is 4.90 Å². The maximum absolute atomic E-state index is 12.9. The number of anilines is 1. The fourth-order valence-corrected chi connectivity index (χ4v) is 3.63. The summed E-state index contributed by atoms with van der Waals surface area (Å²) in [5, 5.41) is 0. The van der Waals surface area contributed by atoms with Crippen LogP contribution in [0.5, 0.6) is 0 Å². The first kappa shape index (κ1) is 18.8. The summed E-state index contributed by atoms with van der Waals surface area (Å²) in [6.07, 6.45) is -1.58. The summed E-state index contributed by atoms with van der Waals surface area (Å²) in [4.78, 5) is 19.7. The number of carbonyl (C=O) groups excluding carboxylic acids is 1. The molecule has 5 nitrogen and oxygen atoms in total. The molecule has 0 N–H and O–H groups in total. The van der Waals surface area contributed by atoms with E-state index < -0.39 is 17.3 Å². The van der Waals surface area contributed by atoms with Crippen LogP contribution in [-0.4, -0.2) is 47.8 Å². The molecule has 0 radical (unpaired) electrons. The Kier molecular flexibility index (Phi) is 4.79. The molecule has 0 spiro atoms. The molecule has 0 bridgehead atoms. The lowest BCUT2D eigenvalue weighted by Gasteiger charge is -2.35. The second-order valence-corrected chi connectivity index (χ2v) is 8.07. The van der Waals surface area contributed by atoms with E-state index in [1.807, 2.05) is 25.7 Å². The Balaban J connectivity index is 1.66. The highest BCUT2D eigenvalue weighted by Crippen LogP contribution is 2.36. The lowest BCUT2D eigenvalue weighted by atomic mass is 9.88. The maximum Gasteiger partial charge on any atom is 0.417 e. The molecular formula is C18H24F3N3O2. The van der Waals surface area contributed by atoms with Crippen LogP contribution >= 0.6 is 0 Å². The molecule has 1 aromatic heterocycles. The van der Waals surface area contributed by atoms with Crippen LogP contribution in [0, 0.1) is 11.8 Å². The van der Waals surface area contributed by atoms with Crippen LogP contribution < -0.4 is 4.90 Å². The number of likely N-dealkylation sites (tertiary alicyclic amines) is 1. The van der Waals surface area contributed by atoms with Crippen LogP contribution in [0.3, 0.4) is 0 Å². The number of ether oxygens (including phenoxy) is 1. The summed E-state index contributed by atoms with van der Waals surface area (Å²) in [6, 6.07) is 1.15. The Bertz CT molecular complexity index is 672.